The van der Waals surface area contributed by atoms with Crippen LogP contribution >= 0.6 is 23.1 Å². The molecule has 6 nitrogen and oxygen atoms in total. The zero-order valence-corrected chi connectivity index (χ0v) is 21.1. The molecule has 7 rings (SSSR count). The summed E-state index contributed by atoms with van der Waals surface area (Å²) < 4.78 is 0. The summed E-state index contributed by atoms with van der Waals surface area (Å²) in [6, 6.07) is 18.2. The summed E-state index contributed by atoms with van der Waals surface area (Å²) >= 11 is 3.08. The Morgan fingerprint density at radius 3 is 2.46 bits per heavy atom. The third kappa shape index (κ3) is 2.99. The number of aromatic nitrogens is 1. The second-order valence-corrected chi connectivity index (χ2v) is 12.7. The van der Waals surface area contributed by atoms with Crippen LogP contribution in [-0.4, -0.2) is 41.6 Å². The Morgan fingerprint density at radius 1 is 1.00 bits per heavy atom. The van der Waals surface area contributed by atoms with E-state index in [9.17, 15) is 14.7 Å². The zero-order valence-electron chi connectivity index (χ0n) is 19.5. The number of aromatic amines is 1. The molecule has 1 saturated heterocycles. The van der Waals surface area contributed by atoms with Crippen molar-refractivity contribution in [3.8, 4) is 0 Å². The highest BCUT2D eigenvalue weighted by Crippen LogP contribution is 2.69. The number of anilines is 2. The van der Waals surface area contributed by atoms with Crippen molar-refractivity contribution >= 4 is 40.4 Å². The van der Waals surface area contributed by atoms with Crippen LogP contribution in [0.25, 0.3) is 0 Å². The van der Waals surface area contributed by atoms with Crippen LogP contribution in [0, 0.1) is 29.6 Å². The van der Waals surface area contributed by atoms with Gasteiger partial charge in [0.15, 0.2) is 0 Å². The fourth-order valence-electron chi connectivity index (χ4n) is 7.42. The normalized spacial score (nSPS) is 34.6. The number of hydrogen-bond donors (Lipinski definition) is 2. The van der Waals surface area contributed by atoms with Crippen LogP contribution in [0.5, 0.6) is 0 Å². The fourth-order valence-corrected chi connectivity index (χ4v) is 10.3. The van der Waals surface area contributed by atoms with E-state index < -0.39 is 6.23 Å². The van der Waals surface area contributed by atoms with Crippen LogP contribution in [-0.2, 0) is 4.79 Å². The first-order chi connectivity index (χ1) is 16.9. The van der Waals surface area contributed by atoms with E-state index >= 15 is 0 Å². The van der Waals surface area contributed by atoms with Crippen molar-refractivity contribution in [2.75, 3.05) is 23.9 Å². The van der Waals surface area contributed by atoms with E-state index in [4.69, 9.17) is 0 Å². The molecule has 0 radical (unpaired) electrons. The van der Waals surface area contributed by atoms with E-state index in [-0.39, 0.29) is 51.5 Å². The van der Waals surface area contributed by atoms with E-state index in [2.05, 4.69) is 34.1 Å². The van der Waals surface area contributed by atoms with E-state index in [0.717, 1.165) is 27.7 Å². The first-order valence-corrected chi connectivity index (χ1v) is 13.9. The molecule has 0 spiro atoms. The molecule has 3 fully saturated rings. The number of hydrogen-bond acceptors (Lipinski definition) is 6. The van der Waals surface area contributed by atoms with Gasteiger partial charge in [-0.15, -0.1) is 11.8 Å². The topological polar surface area (TPSA) is 76.6 Å². The van der Waals surface area contributed by atoms with Gasteiger partial charge >= 0.3 is 4.87 Å². The Labute approximate surface area is 212 Å². The van der Waals surface area contributed by atoms with E-state index in [0.29, 0.717) is 0 Å². The van der Waals surface area contributed by atoms with Crippen molar-refractivity contribution in [2.45, 2.75) is 28.8 Å². The lowest BCUT2D eigenvalue weighted by Gasteiger charge is -2.44. The number of amides is 1. The number of benzene rings is 2. The predicted molar refractivity (Wildman–Crippen MR) is 139 cm³/mol. The number of nitrogens with zero attached hydrogens (tertiary/aromatic N) is 2. The maximum absolute atomic E-state index is 13.7. The minimum Gasteiger partial charge on any atom is -0.378 e. The number of carbonyl (C=O) groups excluding carboxylic acids is 1. The summed E-state index contributed by atoms with van der Waals surface area (Å²) in [5, 5.41) is 12.7. The molecule has 1 amide bonds. The summed E-state index contributed by atoms with van der Waals surface area (Å²) in [6.45, 7) is 0. The number of thiazole rings is 1. The van der Waals surface area contributed by atoms with Crippen molar-refractivity contribution in [1.82, 2.24) is 4.98 Å². The van der Waals surface area contributed by atoms with Gasteiger partial charge in [-0.1, -0.05) is 41.7 Å². The predicted octanol–water partition coefficient (Wildman–Crippen LogP) is 3.97. The lowest BCUT2D eigenvalue weighted by Crippen LogP contribution is -2.43. The average molecular weight is 506 g/mol. The molecule has 180 valence electrons. The van der Waals surface area contributed by atoms with Crippen molar-refractivity contribution in [1.29, 1.82) is 0 Å². The molecule has 1 unspecified atom stereocenters. The van der Waals surface area contributed by atoms with Gasteiger partial charge in [0, 0.05) is 53.4 Å². The molecule has 2 bridgehead atoms. The van der Waals surface area contributed by atoms with Crippen LogP contribution < -0.4 is 14.7 Å². The summed E-state index contributed by atoms with van der Waals surface area (Å²) in [5.41, 5.74) is 3.13. The van der Waals surface area contributed by atoms with Gasteiger partial charge in [-0.2, -0.15) is 0 Å². The fraction of sp³-hybridized carbons (Fsp3) is 0.407. The van der Waals surface area contributed by atoms with Gasteiger partial charge < -0.3 is 15.0 Å². The van der Waals surface area contributed by atoms with E-state index in [1.54, 1.807) is 16.7 Å². The molecule has 4 aliphatic rings. The SMILES string of the molecule is CN(C)c1ccc([C@H]2c3sc(=O)[nH]c3S[C@@H]3[C@@H]4C[C@@H]([C@@H]5C(O)N(c6ccccc6)C(=O)[C@H]45)[C@H]23)cc1. The highest BCUT2D eigenvalue weighted by Gasteiger charge is 2.69. The van der Waals surface area contributed by atoms with Crippen molar-refractivity contribution in [3.63, 3.8) is 0 Å². The van der Waals surface area contributed by atoms with Gasteiger partial charge in [0.25, 0.3) is 0 Å². The number of para-hydroxylation sites is 1. The molecule has 2 saturated carbocycles. The Bertz CT molecular complexity index is 1350. The van der Waals surface area contributed by atoms with E-state index in [1.807, 2.05) is 44.4 Å². The molecule has 2 aromatic carbocycles. The molecule has 3 heterocycles. The van der Waals surface area contributed by atoms with E-state index in [1.165, 1.54) is 16.9 Å². The third-order valence-electron chi connectivity index (χ3n) is 8.71. The van der Waals surface area contributed by atoms with Gasteiger partial charge in [-0.25, -0.2) is 0 Å². The largest absolute Gasteiger partial charge is 0.378 e. The lowest BCUT2D eigenvalue weighted by atomic mass is 9.68. The lowest BCUT2D eigenvalue weighted by molar-refractivity contribution is -0.122. The number of rotatable bonds is 3. The second kappa shape index (κ2) is 7.72. The minimum atomic E-state index is -0.806. The van der Waals surface area contributed by atoms with Crippen molar-refractivity contribution in [2.24, 2.45) is 29.6 Å². The van der Waals surface area contributed by atoms with Gasteiger partial charge in [0.2, 0.25) is 5.91 Å². The van der Waals surface area contributed by atoms with Crippen LogP contribution in [0.4, 0.5) is 11.4 Å². The molecule has 2 N–H and O–H groups in total. The summed E-state index contributed by atoms with van der Waals surface area (Å²) in [6.07, 6.45) is 0.160. The summed E-state index contributed by atoms with van der Waals surface area (Å²) in [5.74, 6) is 0.642. The molecular weight excluding hydrogens is 478 g/mol. The molecule has 1 aromatic heterocycles. The number of carbonyl (C=O) groups is 1. The molecular formula is C27H27N3O3S2. The second-order valence-electron chi connectivity index (χ2n) is 10.5. The Morgan fingerprint density at radius 2 is 1.74 bits per heavy atom. The number of thioether (sulfide) groups is 1. The number of aliphatic hydroxyl groups excluding tert-OH is 1. The van der Waals surface area contributed by atoms with Crippen LogP contribution in [0.1, 0.15) is 22.8 Å². The standard InChI is InChI=1S/C27H27N3O3S2/c1-29(2)14-10-8-13(9-11-14)18-19-16-12-17(22(19)34-24-23(18)35-27(33)28-24)21-20(16)25(31)30(26(21)32)15-6-4-3-5-7-15/h3-11,16-22,25,31H,12H2,1-2H3,(H,28,33)/t16-,17-,18-,19-,20+,21-,22-,25?/m1/s1. The quantitative estimate of drug-likeness (QED) is 0.563. The molecule has 2 aliphatic heterocycles. The number of fused-ring (bicyclic) bond motifs is 9. The Balaban J connectivity index is 1.31. The first-order valence-electron chi connectivity index (χ1n) is 12.2. The highest BCUT2D eigenvalue weighted by molar-refractivity contribution is 8.00. The van der Waals surface area contributed by atoms with Gasteiger partial charge in [0.05, 0.1) is 5.03 Å². The molecule has 3 aromatic rings. The Hall–Kier alpha value is -2.55. The monoisotopic (exact) mass is 505 g/mol. The van der Waals surface area contributed by atoms with Crippen LogP contribution in [0.3, 0.4) is 0 Å². The summed E-state index contributed by atoms with van der Waals surface area (Å²) in [7, 11) is 4.07. The molecule has 8 atom stereocenters. The smallest absolute Gasteiger partial charge is 0.305 e. The number of H-pyrrole nitrogens is 1. The van der Waals surface area contributed by atoms with Crippen LogP contribution in [0.2, 0.25) is 0 Å². The average Bonchev–Trinajstić information content (AvgIpc) is 3.58. The zero-order chi connectivity index (χ0) is 24.0. The first kappa shape index (κ1) is 21.7. The molecule has 2 aliphatic carbocycles. The molecule has 35 heavy (non-hydrogen) atoms. The minimum absolute atomic E-state index is 0.0173. The third-order valence-corrected chi connectivity index (χ3v) is 11.3. The maximum atomic E-state index is 13.7. The van der Waals surface area contributed by atoms with Crippen molar-refractivity contribution in [3.05, 3.63) is 74.7 Å². The number of nitrogens with one attached hydrogen (secondary N) is 1. The van der Waals surface area contributed by atoms with Crippen LogP contribution in [0.15, 0.2) is 64.4 Å². The van der Waals surface area contributed by atoms with Gasteiger partial charge in [-0.05, 0) is 54.0 Å². The van der Waals surface area contributed by atoms with Gasteiger partial charge in [-0.3, -0.25) is 14.5 Å². The molecule has 8 heteroatoms. The van der Waals surface area contributed by atoms with Crippen molar-refractivity contribution < 1.29 is 9.90 Å². The van der Waals surface area contributed by atoms with Gasteiger partial charge in [0.1, 0.15) is 6.23 Å². The number of aliphatic hydroxyl groups is 1. The highest BCUT2D eigenvalue weighted by atomic mass is 32.2. The summed E-state index contributed by atoms with van der Waals surface area (Å²) in [4.78, 5) is 34.0. The Kier molecular flexibility index (Phi) is 4.79. The maximum Gasteiger partial charge on any atom is 0.305 e.